The number of amides is 1. The van der Waals surface area contributed by atoms with Crippen LogP contribution in [0, 0.1) is 0 Å². The van der Waals surface area contributed by atoms with Gasteiger partial charge < -0.3 is 5.32 Å². The zero-order valence-electron chi connectivity index (χ0n) is 15.1. The monoisotopic (exact) mass is 452 g/mol. The van der Waals surface area contributed by atoms with E-state index in [0.29, 0.717) is 17.7 Å². The third-order valence-corrected chi connectivity index (χ3v) is 6.32. The standard InChI is InChI=1S/C19H21BrN2O4S/c1-14(23)15-8-10-18(11-9-15)27(25,26)22(2)12-4-7-19(24)21-17-6-3-5-16(20)13-17/h3,5-6,8-11,13H,4,7,12H2,1-2H3,(H,21,24). The Morgan fingerprint density at radius 1 is 1.11 bits per heavy atom. The van der Waals surface area contributed by atoms with E-state index in [4.69, 9.17) is 0 Å². The lowest BCUT2D eigenvalue weighted by atomic mass is 10.2. The number of Topliss-reactive ketones (excluding diaryl/α,β-unsaturated/α-hetero) is 1. The van der Waals surface area contributed by atoms with E-state index in [2.05, 4.69) is 21.2 Å². The normalized spacial score (nSPS) is 11.4. The van der Waals surface area contributed by atoms with Crippen LogP contribution in [-0.2, 0) is 14.8 Å². The maximum absolute atomic E-state index is 12.6. The largest absolute Gasteiger partial charge is 0.326 e. The highest BCUT2D eigenvalue weighted by Crippen LogP contribution is 2.17. The smallest absolute Gasteiger partial charge is 0.242 e. The van der Waals surface area contributed by atoms with Crippen molar-refractivity contribution in [3.63, 3.8) is 0 Å². The Kier molecular flexibility index (Phi) is 7.29. The molecule has 6 nitrogen and oxygen atoms in total. The summed E-state index contributed by atoms with van der Waals surface area (Å²) in [7, 11) is -2.19. The summed E-state index contributed by atoms with van der Waals surface area (Å²) >= 11 is 3.34. The zero-order valence-corrected chi connectivity index (χ0v) is 17.5. The lowest BCUT2D eigenvalue weighted by Crippen LogP contribution is -2.28. The fraction of sp³-hybridized carbons (Fsp3) is 0.263. The van der Waals surface area contributed by atoms with Gasteiger partial charge in [-0.05, 0) is 43.7 Å². The molecule has 0 aliphatic rings. The van der Waals surface area contributed by atoms with Crippen molar-refractivity contribution in [2.45, 2.75) is 24.7 Å². The summed E-state index contributed by atoms with van der Waals surface area (Å²) in [6.07, 6.45) is 0.594. The fourth-order valence-corrected chi connectivity index (χ4v) is 4.02. The van der Waals surface area contributed by atoms with Gasteiger partial charge in [0.25, 0.3) is 0 Å². The van der Waals surface area contributed by atoms with Gasteiger partial charge in [-0.1, -0.05) is 34.1 Å². The maximum Gasteiger partial charge on any atom is 0.242 e. The number of benzene rings is 2. The number of carbonyl (C=O) groups is 2. The molecule has 0 radical (unpaired) electrons. The molecule has 0 saturated carbocycles. The summed E-state index contributed by atoms with van der Waals surface area (Å²) < 4.78 is 27.2. The van der Waals surface area contributed by atoms with E-state index in [9.17, 15) is 18.0 Å². The number of nitrogens with one attached hydrogen (secondary N) is 1. The number of carbonyl (C=O) groups excluding carboxylic acids is 2. The molecule has 0 heterocycles. The lowest BCUT2D eigenvalue weighted by Gasteiger charge is -2.17. The molecule has 144 valence electrons. The number of hydrogen-bond donors (Lipinski definition) is 1. The summed E-state index contributed by atoms with van der Waals surface area (Å²) in [5.41, 5.74) is 1.14. The van der Waals surface area contributed by atoms with Gasteiger partial charge in [0.05, 0.1) is 4.90 Å². The Bertz CT molecular complexity index is 927. The average molecular weight is 453 g/mol. The molecule has 0 bridgehead atoms. The van der Waals surface area contributed by atoms with Gasteiger partial charge >= 0.3 is 0 Å². The van der Waals surface area contributed by atoms with Gasteiger partial charge in [0.15, 0.2) is 5.78 Å². The molecule has 0 unspecified atom stereocenters. The SMILES string of the molecule is CC(=O)c1ccc(S(=O)(=O)N(C)CCCC(=O)Nc2cccc(Br)c2)cc1. The van der Waals surface area contributed by atoms with Crippen LogP contribution in [-0.4, -0.2) is 38.0 Å². The average Bonchev–Trinajstić information content (AvgIpc) is 2.61. The Morgan fingerprint density at radius 2 is 1.78 bits per heavy atom. The molecule has 2 aromatic rings. The Labute approximate surface area is 167 Å². The van der Waals surface area contributed by atoms with E-state index < -0.39 is 10.0 Å². The van der Waals surface area contributed by atoms with E-state index in [-0.39, 0.29) is 29.6 Å². The lowest BCUT2D eigenvalue weighted by molar-refractivity contribution is -0.116. The van der Waals surface area contributed by atoms with Crippen LogP contribution in [0.4, 0.5) is 5.69 Å². The van der Waals surface area contributed by atoms with E-state index in [1.165, 1.54) is 42.5 Å². The van der Waals surface area contributed by atoms with Gasteiger partial charge in [0.2, 0.25) is 15.9 Å². The zero-order chi connectivity index (χ0) is 20.0. The van der Waals surface area contributed by atoms with Crippen molar-refractivity contribution in [3.8, 4) is 0 Å². The van der Waals surface area contributed by atoms with Gasteiger partial charge in [0.1, 0.15) is 0 Å². The predicted octanol–water partition coefficient (Wildman–Crippen LogP) is 3.69. The topological polar surface area (TPSA) is 83.6 Å². The minimum Gasteiger partial charge on any atom is -0.326 e. The van der Waals surface area contributed by atoms with Crippen molar-refractivity contribution in [3.05, 3.63) is 58.6 Å². The second-order valence-electron chi connectivity index (χ2n) is 6.07. The molecule has 0 aliphatic heterocycles. The van der Waals surface area contributed by atoms with Gasteiger partial charge in [-0.2, -0.15) is 0 Å². The molecular weight excluding hydrogens is 432 g/mol. The number of rotatable bonds is 8. The number of sulfonamides is 1. The van der Waals surface area contributed by atoms with Gasteiger partial charge in [-0.15, -0.1) is 0 Å². The van der Waals surface area contributed by atoms with Gasteiger partial charge in [0, 0.05) is 35.7 Å². The summed E-state index contributed by atoms with van der Waals surface area (Å²) in [6.45, 7) is 1.64. The van der Waals surface area contributed by atoms with Gasteiger partial charge in [-0.3, -0.25) is 9.59 Å². The quantitative estimate of drug-likeness (QED) is 0.618. The molecule has 0 spiro atoms. The number of nitrogens with zero attached hydrogens (tertiary/aromatic N) is 1. The van der Waals surface area contributed by atoms with Crippen molar-refractivity contribution >= 4 is 43.3 Å². The number of ketones is 1. The van der Waals surface area contributed by atoms with Crippen molar-refractivity contribution in [1.29, 1.82) is 0 Å². The first-order valence-corrected chi connectivity index (χ1v) is 10.6. The van der Waals surface area contributed by atoms with E-state index in [0.717, 1.165) is 4.47 Å². The molecule has 0 saturated heterocycles. The Morgan fingerprint density at radius 3 is 2.37 bits per heavy atom. The van der Waals surface area contributed by atoms with Crippen molar-refractivity contribution in [1.82, 2.24) is 4.31 Å². The highest BCUT2D eigenvalue weighted by atomic mass is 79.9. The van der Waals surface area contributed by atoms with Crippen molar-refractivity contribution in [2.24, 2.45) is 0 Å². The highest BCUT2D eigenvalue weighted by Gasteiger charge is 2.20. The number of anilines is 1. The molecule has 1 N–H and O–H groups in total. The molecule has 0 fully saturated rings. The van der Waals surface area contributed by atoms with Crippen LogP contribution in [0.3, 0.4) is 0 Å². The van der Waals surface area contributed by atoms with Crippen LogP contribution in [0.1, 0.15) is 30.1 Å². The van der Waals surface area contributed by atoms with Crippen LogP contribution >= 0.6 is 15.9 Å². The minimum absolute atomic E-state index is 0.119. The van der Waals surface area contributed by atoms with Crippen LogP contribution in [0.25, 0.3) is 0 Å². The molecule has 0 aliphatic carbocycles. The first kappa shape index (κ1) is 21.3. The Hall–Kier alpha value is -2.03. The third-order valence-electron chi connectivity index (χ3n) is 3.95. The van der Waals surface area contributed by atoms with E-state index in [1.54, 1.807) is 12.1 Å². The molecular formula is C19H21BrN2O4S. The summed E-state index contributed by atoms with van der Waals surface area (Å²) in [5, 5.41) is 2.77. The highest BCUT2D eigenvalue weighted by molar-refractivity contribution is 9.10. The molecule has 1 amide bonds. The fourth-order valence-electron chi connectivity index (χ4n) is 2.41. The van der Waals surface area contributed by atoms with Gasteiger partial charge in [-0.25, -0.2) is 12.7 Å². The first-order valence-electron chi connectivity index (χ1n) is 8.33. The van der Waals surface area contributed by atoms with Crippen LogP contribution in [0.5, 0.6) is 0 Å². The first-order chi connectivity index (χ1) is 12.7. The van der Waals surface area contributed by atoms with Crippen LogP contribution < -0.4 is 5.32 Å². The Balaban J connectivity index is 1.89. The summed E-state index contributed by atoms with van der Waals surface area (Å²) in [4.78, 5) is 23.4. The molecule has 2 aromatic carbocycles. The minimum atomic E-state index is -3.66. The summed E-state index contributed by atoms with van der Waals surface area (Å²) in [5.74, 6) is -0.298. The molecule has 8 heteroatoms. The van der Waals surface area contributed by atoms with Crippen LogP contribution in [0.15, 0.2) is 57.9 Å². The molecule has 2 rings (SSSR count). The van der Waals surface area contributed by atoms with Crippen molar-refractivity contribution < 1.29 is 18.0 Å². The maximum atomic E-state index is 12.6. The molecule has 27 heavy (non-hydrogen) atoms. The van der Waals surface area contributed by atoms with Crippen LogP contribution in [0.2, 0.25) is 0 Å². The predicted molar refractivity (Wildman–Crippen MR) is 108 cm³/mol. The van der Waals surface area contributed by atoms with Crippen molar-refractivity contribution in [2.75, 3.05) is 18.9 Å². The van der Waals surface area contributed by atoms with E-state index in [1.807, 2.05) is 12.1 Å². The number of hydrogen-bond acceptors (Lipinski definition) is 4. The van der Waals surface area contributed by atoms with E-state index >= 15 is 0 Å². The second-order valence-corrected chi connectivity index (χ2v) is 9.03. The summed E-state index contributed by atoms with van der Waals surface area (Å²) in [6, 6.07) is 13.1. The third kappa shape index (κ3) is 5.98. The molecule has 0 aromatic heterocycles. The molecule has 0 atom stereocenters. The second kappa shape index (κ2) is 9.25. The number of halogens is 1.